The molecule has 1 aliphatic heterocycles. The molecule has 5 nitrogen and oxygen atoms in total. The molecule has 1 aromatic rings. The Kier molecular flexibility index (Phi) is 4.52. The van der Waals surface area contributed by atoms with Crippen molar-refractivity contribution in [2.24, 2.45) is 5.73 Å². The van der Waals surface area contributed by atoms with Gasteiger partial charge in [-0.3, -0.25) is 4.79 Å². The number of hydrogen-bond acceptors (Lipinski definition) is 4. The van der Waals surface area contributed by atoms with Crippen LogP contribution >= 0.6 is 11.6 Å². The van der Waals surface area contributed by atoms with E-state index in [0.29, 0.717) is 36.8 Å². The maximum absolute atomic E-state index is 12.4. The Morgan fingerprint density at radius 3 is 2.65 bits per heavy atom. The van der Waals surface area contributed by atoms with E-state index in [4.69, 9.17) is 22.1 Å². The van der Waals surface area contributed by atoms with Crippen LogP contribution < -0.4 is 16.0 Å². The highest BCUT2D eigenvalue weighted by Gasteiger charge is 2.36. The van der Waals surface area contributed by atoms with E-state index in [0.717, 1.165) is 5.69 Å². The van der Waals surface area contributed by atoms with E-state index >= 15 is 0 Å². The molecule has 0 atom stereocenters. The van der Waals surface area contributed by atoms with E-state index in [9.17, 15) is 4.79 Å². The van der Waals surface area contributed by atoms with Gasteiger partial charge in [-0.1, -0.05) is 11.6 Å². The summed E-state index contributed by atoms with van der Waals surface area (Å²) in [6.45, 7) is 1.03. The third-order valence-electron chi connectivity index (χ3n) is 3.53. The summed E-state index contributed by atoms with van der Waals surface area (Å²) >= 11 is 6.00. The van der Waals surface area contributed by atoms with E-state index in [2.05, 4.69) is 5.32 Å². The van der Waals surface area contributed by atoms with Crippen LogP contribution in [0.2, 0.25) is 5.02 Å². The predicted molar refractivity (Wildman–Crippen MR) is 81.4 cm³/mol. The molecule has 1 amide bonds. The van der Waals surface area contributed by atoms with Crippen LogP contribution in [0.15, 0.2) is 18.2 Å². The molecule has 1 heterocycles. The summed E-state index contributed by atoms with van der Waals surface area (Å²) in [6, 6.07) is 5.39. The van der Waals surface area contributed by atoms with Crippen LogP contribution in [0, 0.1) is 0 Å². The van der Waals surface area contributed by atoms with Crippen LogP contribution in [0.1, 0.15) is 12.8 Å². The first-order valence-corrected chi connectivity index (χ1v) is 6.95. The van der Waals surface area contributed by atoms with E-state index in [1.54, 1.807) is 12.1 Å². The van der Waals surface area contributed by atoms with Crippen molar-refractivity contribution in [3.05, 3.63) is 23.2 Å². The van der Waals surface area contributed by atoms with Gasteiger partial charge in [0.15, 0.2) is 0 Å². The second kappa shape index (κ2) is 5.99. The minimum atomic E-state index is -0.871. The summed E-state index contributed by atoms with van der Waals surface area (Å²) in [6.07, 6.45) is 1.05. The second-order valence-electron chi connectivity index (χ2n) is 5.28. The fourth-order valence-corrected chi connectivity index (χ4v) is 2.38. The smallest absolute Gasteiger partial charge is 0.244 e. The number of nitrogens with two attached hydrogens (primary N) is 1. The highest BCUT2D eigenvalue weighted by Crippen LogP contribution is 2.29. The fraction of sp³-hybridized carbons (Fsp3) is 0.500. The molecule has 1 aromatic carbocycles. The first kappa shape index (κ1) is 15.1. The monoisotopic (exact) mass is 297 g/mol. The molecule has 0 unspecified atom stereocenters. The number of anilines is 2. The zero-order valence-electron chi connectivity index (χ0n) is 11.8. The van der Waals surface area contributed by atoms with Crippen LogP contribution in [0.25, 0.3) is 0 Å². The van der Waals surface area contributed by atoms with Crippen LogP contribution in [-0.2, 0) is 9.53 Å². The van der Waals surface area contributed by atoms with Crippen molar-refractivity contribution in [2.45, 2.75) is 18.4 Å². The molecule has 2 rings (SSSR count). The maximum Gasteiger partial charge on any atom is 0.244 e. The second-order valence-corrected chi connectivity index (χ2v) is 5.71. The molecule has 0 radical (unpaired) electrons. The number of ether oxygens (including phenoxy) is 1. The average Bonchev–Trinajstić information content (AvgIpc) is 2.39. The van der Waals surface area contributed by atoms with E-state index < -0.39 is 5.54 Å². The molecule has 110 valence electrons. The molecule has 0 spiro atoms. The predicted octanol–water partition coefficient (Wildman–Crippen LogP) is 1.85. The topological polar surface area (TPSA) is 67.6 Å². The Balaban J connectivity index is 2.20. The molecule has 1 fully saturated rings. The molecular formula is C14H20ClN3O2. The van der Waals surface area contributed by atoms with Crippen molar-refractivity contribution in [3.63, 3.8) is 0 Å². The largest absolute Gasteiger partial charge is 0.381 e. The molecule has 20 heavy (non-hydrogen) atoms. The Morgan fingerprint density at radius 1 is 1.40 bits per heavy atom. The van der Waals surface area contributed by atoms with Crippen LogP contribution in [-0.4, -0.2) is 38.8 Å². The van der Waals surface area contributed by atoms with Crippen molar-refractivity contribution in [3.8, 4) is 0 Å². The van der Waals surface area contributed by atoms with Gasteiger partial charge < -0.3 is 20.7 Å². The normalized spacial score (nSPS) is 17.6. The third kappa shape index (κ3) is 3.23. The average molecular weight is 298 g/mol. The van der Waals surface area contributed by atoms with Gasteiger partial charge in [-0.25, -0.2) is 0 Å². The molecule has 0 aliphatic carbocycles. The summed E-state index contributed by atoms with van der Waals surface area (Å²) < 4.78 is 5.26. The van der Waals surface area contributed by atoms with Gasteiger partial charge in [0.05, 0.1) is 11.4 Å². The number of carbonyl (C=O) groups excluding carboxylic acids is 1. The van der Waals surface area contributed by atoms with Gasteiger partial charge in [0.1, 0.15) is 5.54 Å². The quantitative estimate of drug-likeness (QED) is 0.893. The summed E-state index contributed by atoms with van der Waals surface area (Å²) in [7, 11) is 3.82. The summed E-state index contributed by atoms with van der Waals surface area (Å²) in [4.78, 5) is 14.3. The zero-order chi connectivity index (χ0) is 14.8. The Labute approximate surface area is 124 Å². The van der Waals surface area contributed by atoms with Crippen molar-refractivity contribution in [1.82, 2.24) is 0 Å². The molecule has 6 heteroatoms. The van der Waals surface area contributed by atoms with Gasteiger partial charge in [-0.05, 0) is 31.0 Å². The summed E-state index contributed by atoms with van der Waals surface area (Å²) in [5, 5.41) is 3.47. The van der Waals surface area contributed by atoms with Crippen molar-refractivity contribution < 1.29 is 9.53 Å². The molecule has 0 bridgehead atoms. The van der Waals surface area contributed by atoms with Gasteiger partial charge in [-0.2, -0.15) is 0 Å². The lowest BCUT2D eigenvalue weighted by Crippen LogP contribution is -2.54. The molecule has 3 N–H and O–H groups in total. The van der Waals surface area contributed by atoms with Gasteiger partial charge in [0.2, 0.25) is 5.91 Å². The first-order valence-electron chi connectivity index (χ1n) is 6.57. The van der Waals surface area contributed by atoms with Crippen molar-refractivity contribution >= 4 is 28.9 Å². The Bertz CT molecular complexity index is 499. The van der Waals surface area contributed by atoms with Crippen LogP contribution in [0.4, 0.5) is 11.4 Å². The minimum Gasteiger partial charge on any atom is -0.381 e. The van der Waals surface area contributed by atoms with Crippen LogP contribution in [0.3, 0.4) is 0 Å². The Hall–Kier alpha value is -1.30. The number of amides is 1. The van der Waals surface area contributed by atoms with E-state index in [-0.39, 0.29) is 5.91 Å². The SMILES string of the molecule is CN(C)c1ccc(Cl)cc1NC(=O)C1(N)CCOCC1. The lowest BCUT2D eigenvalue weighted by Gasteiger charge is -2.32. The molecule has 1 aliphatic rings. The number of hydrogen-bond donors (Lipinski definition) is 2. The lowest BCUT2D eigenvalue weighted by molar-refractivity contribution is -0.124. The maximum atomic E-state index is 12.4. The van der Waals surface area contributed by atoms with Crippen molar-refractivity contribution in [1.29, 1.82) is 0 Å². The Morgan fingerprint density at radius 2 is 2.05 bits per heavy atom. The van der Waals surface area contributed by atoms with Crippen LogP contribution in [0.5, 0.6) is 0 Å². The lowest BCUT2D eigenvalue weighted by atomic mass is 9.90. The van der Waals surface area contributed by atoms with E-state index in [1.165, 1.54) is 0 Å². The van der Waals surface area contributed by atoms with Crippen molar-refractivity contribution in [2.75, 3.05) is 37.5 Å². The third-order valence-corrected chi connectivity index (χ3v) is 3.76. The van der Waals surface area contributed by atoms with Gasteiger partial charge >= 0.3 is 0 Å². The van der Waals surface area contributed by atoms with Gasteiger partial charge in [-0.15, -0.1) is 0 Å². The molecule has 1 saturated heterocycles. The number of nitrogens with one attached hydrogen (secondary N) is 1. The number of rotatable bonds is 3. The standard InChI is InChI=1S/C14H20ClN3O2/c1-18(2)12-4-3-10(15)9-11(12)17-13(19)14(16)5-7-20-8-6-14/h3-4,9H,5-8,16H2,1-2H3,(H,17,19). The number of nitrogens with zero attached hydrogens (tertiary/aromatic N) is 1. The van der Waals surface area contributed by atoms with Gasteiger partial charge in [0.25, 0.3) is 0 Å². The minimum absolute atomic E-state index is 0.189. The highest BCUT2D eigenvalue weighted by molar-refractivity contribution is 6.31. The summed E-state index contributed by atoms with van der Waals surface area (Å²) in [5.41, 5.74) is 6.86. The molecule has 0 aromatic heterocycles. The number of carbonyl (C=O) groups is 1. The molecular weight excluding hydrogens is 278 g/mol. The first-order chi connectivity index (χ1) is 9.42. The zero-order valence-corrected chi connectivity index (χ0v) is 12.5. The molecule has 0 saturated carbocycles. The van der Waals surface area contributed by atoms with E-state index in [1.807, 2.05) is 25.1 Å². The number of benzene rings is 1. The highest BCUT2D eigenvalue weighted by atomic mass is 35.5. The number of halogens is 1. The fourth-order valence-electron chi connectivity index (χ4n) is 2.21. The van der Waals surface area contributed by atoms with Gasteiger partial charge in [0, 0.05) is 32.3 Å². The summed E-state index contributed by atoms with van der Waals surface area (Å²) in [5.74, 6) is -0.189.